The molecule has 0 aliphatic heterocycles. The van der Waals surface area contributed by atoms with Crippen LogP contribution < -0.4 is 10.5 Å². The summed E-state index contributed by atoms with van der Waals surface area (Å²) >= 11 is 0. The summed E-state index contributed by atoms with van der Waals surface area (Å²) in [6.45, 7) is 5.87. The minimum absolute atomic E-state index is 0.0771. The largest absolute Gasteiger partial charge is 0.398 e. The SMILES string of the molecule is CCC(CC)C(C)NS(=O)(=O)c1ccc(F)cc1N. The molecule has 1 unspecified atom stereocenters. The van der Waals surface area contributed by atoms with E-state index in [0.717, 1.165) is 25.0 Å². The average molecular weight is 288 g/mol. The highest BCUT2D eigenvalue weighted by atomic mass is 32.2. The molecule has 19 heavy (non-hydrogen) atoms. The van der Waals surface area contributed by atoms with E-state index in [0.29, 0.717) is 0 Å². The smallest absolute Gasteiger partial charge is 0.242 e. The molecule has 6 heteroatoms. The number of benzene rings is 1. The third-order valence-electron chi connectivity index (χ3n) is 3.36. The maximum Gasteiger partial charge on any atom is 0.242 e. The van der Waals surface area contributed by atoms with E-state index in [2.05, 4.69) is 4.72 Å². The lowest BCUT2D eigenvalue weighted by Gasteiger charge is -2.22. The minimum atomic E-state index is -3.71. The van der Waals surface area contributed by atoms with Crippen LogP contribution >= 0.6 is 0 Å². The summed E-state index contributed by atoms with van der Waals surface area (Å²) in [6.07, 6.45) is 1.78. The van der Waals surface area contributed by atoms with Crippen LogP contribution in [-0.2, 0) is 10.0 Å². The molecular formula is C13H21FN2O2S. The van der Waals surface area contributed by atoms with Crippen molar-refractivity contribution in [3.05, 3.63) is 24.0 Å². The number of hydrogen-bond donors (Lipinski definition) is 2. The summed E-state index contributed by atoms with van der Waals surface area (Å²) in [5.41, 5.74) is 5.49. The van der Waals surface area contributed by atoms with Crippen LogP contribution in [0.25, 0.3) is 0 Å². The Balaban J connectivity index is 2.98. The predicted molar refractivity (Wildman–Crippen MR) is 74.7 cm³/mol. The zero-order valence-electron chi connectivity index (χ0n) is 11.5. The Morgan fingerprint density at radius 1 is 1.32 bits per heavy atom. The molecule has 1 aromatic rings. The lowest BCUT2D eigenvalue weighted by atomic mass is 9.96. The fraction of sp³-hybridized carbons (Fsp3) is 0.538. The fourth-order valence-electron chi connectivity index (χ4n) is 2.16. The second-order valence-electron chi connectivity index (χ2n) is 4.67. The van der Waals surface area contributed by atoms with Crippen LogP contribution in [0.1, 0.15) is 33.6 Å². The molecule has 0 saturated carbocycles. The van der Waals surface area contributed by atoms with Gasteiger partial charge in [0.2, 0.25) is 10.0 Å². The molecule has 0 spiro atoms. The summed E-state index contributed by atoms with van der Waals surface area (Å²) in [4.78, 5) is -0.0771. The fourth-order valence-corrected chi connectivity index (χ4v) is 3.59. The van der Waals surface area contributed by atoms with Crippen LogP contribution in [0.2, 0.25) is 0 Å². The highest BCUT2D eigenvalue weighted by Crippen LogP contribution is 2.21. The van der Waals surface area contributed by atoms with Gasteiger partial charge in [-0.05, 0) is 31.0 Å². The van der Waals surface area contributed by atoms with E-state index in [1.54, 1.807) is 0 Å². The topological polar surface area (TPSA) is 72.2 Å². The van der Waals surface area contributed by atoms with Crippen LogP contribution in [0, 0.1) is 11.7 Å². The zero-order valence-corrected chi connectivity index (χ0v) is 12.3. The molecule has 0 fully saturated rings. The predicted octanol–water partition coefficient (Wildman–Crippen LogP) is 2.51. The van der Waals surface area contributed by atoms with E-state index >= 15 is 0 Å². The number of halogens is 1. The maximum atomic E-state index is 12.9. The first-order valence-corrected chi connectivity index (χ1v) is 7.87. The van der Waals surface area contributed by atoms with Crippen LogP contribution in [-0.4, -0.2) is 14.5 Å². The highest BCUT2D eigenvalue weighted by Gasteiger charge is 2.23. The number of nitrogens with two attached hydrogens (primary N) is 1. The molecule has 1 rings (SSSR count). The van der Waals surface area contributed by atoms with Crippen molar-refractivity contribution in [2.24, 2.45) is 5.92 Å². The van der Waals surface area contributed by atoms with Crippen molar-refractivity contribution in [1.82, 2.24) is 4.72 Å². The summed E-state index contributed by atoms with van der Waals surface area (Å²) in [7, 11) is -3.71. The molecular weight excluding hydrogens is 267 g/mol. The number of sulfonamides is 1. The van der Waals surface area contributed by atoms with Crippen molar-refractivity contribution in [2.75, 3.05) is 5.73 Å². The first kappa shape index (κ1) is 15.9. The molecule has 0 aliphatic rings. The van der Waals surface area contributed by atoms with Crippen molar-refractivity contribution in [3.63, 3.8) is 0 Å². The van der Waals surface area contributed by atoms with E-state index in [-0.39, 0.29) is 22.5 Å². The number of rotatable bonds is 6. The summed E-state index contributed by atoms with van der Waals surface area (Å²) in [6, 6.07) is 3.10. The van der Waals surface area contributed by atoms with Gasteiger partial charge < -0.3 is 5.73 Å². The first-order chi connectivity index (χ1) is 8.81. The third kappa shape index (κ3) is 3.91. The van der Waals surface area contributed by atoms with Gasteiger partial charge in [0.1, 0.15) is 10.7 Å². The van der Waals surface area contributed by atoms with Crippen molar-refractivity contribution in [1.29, 1.82) is 0 Å². The van der Waals surface area contributed by atoms with Gasteiger partial charge in [-0.25, -0.2) is 17.5 Å². The standard InChI is InChI=1S/C13H21FN2O2S/c1-4-10(5-2)9(3)16-19(17,18)13-7-6-11(14)8-12(13)15/h6-10,16H,4-5,15H2,1-3H3. The van der Waals surface area contributed by atoms with E-state index in [9.17, 15) is 12.8 Å². The Hall–Kier alpha value is -1.14. The number of anilines is 1. The molecule has 0 bridgehead atoms. The Bertz CT molecular complexity index is 527. The quantitative estimate of drug-likeness (QED) is 0.790. The monoisotopic (exact) mass is 288 g/mol. The van der Waals surface area contributed by atoms with E-state index < -0.39 is 15.8 Å². The highest BCUT2D eigenvalue weighted by molar-refractivity contribution is 7.89. The van der Waals surface area contributed by atoms with Crippen molar-refractivity contribution in [2.45, 2.75) is 44.6 Å². The maximum absolute atomic E-state index is 12.9. The summed E-state index contributed by atoms with van der Waals surface area (Å²) < 4.78 is 39.9. The molecule has 3 N–H and O–H groups in total. The van der Waals surface area contributed by atoms with Gasteiger partial charge in [-0.1, -0.05) is 26.7 Å². The van der Waals surface area contributed by atoms with Gasteiger partial charge in [0, 0.05) is 6.04 Å². The second kappa shape index (κ2) is 6.34. The molecule has 0 aromatic heterocycles. The molecule has 0 amide bonds. The molecule has 0 radical (unpaired) electrons. The molecule has 0 heterocycles. The van der Waals surface area contributed by atoms with Crippen molar-refractivity contribution >= 4 is 15.7 Å². The van der Waals surface area contributed by atoms with Gasteiger partial charge in [0.15, 0.2) is 0 Å². The van der Waals surface area contributed by atoms with Crippen LogP contribution in [0.15, 0.2) is 23.1 Å². The van der Waals surface area contributed by atoms with Gasteiger partial charge >= 0.3 is 0 Å². The minimum Gasteiger partial charge on any atom is -0.398 e. The molecule has 0 aliphatic carbocycles. The van der Waals surface area contributed by atoms with Crippen molar-refractivity contribution < 1.29 is 12.8 Å². The lowest BCUT2D eigenvalue weighted by molar-refractivity contribution is 0.391. The van der Waals surface area contributed by atoms with Crippen LogP contribution in [0.5, 0.6) is 0 Å². The Kier molecular flexibility index (Phi) is 5.31. The summed E-state index contributed by atoms with van der Waals surface area (Å²) in [5.74, 6) is -0.291. The number of nitrogens with one attached hydrogen (secondary N) is 1. The molecule has 1 aromatic carbocycles. The normalized spacial score (nSPS) is 13.7. The van der Waals surface area contributed by atoms with Gasteiger partial charge in [0.25, 0.3) is 0 Å². The van der Waals surface area contributed by atoms with Crippen molar-refractivity contribution in [3.8, 4) is 0 Å². The molecule has 1 atom stereocenters. The van der Waals surface area contributed by atoms with Gasteiger partial charge in [-0.3, -0.25) is 0 Å². The van der Waals surface area contributed by atoms with Crippen LogP contribution in [0.4, 0.5) is 10.1 Å². The molecule has 0 saturated heterocycles. The Labute approximate surface area is 114 Å². The van der Waals surface area contributed by atoms with Gasteiger partial charge in [0.05, 0.1) is 5.69 Å². The number of nitrogen functional groups attached to an aromatic ring is 1. The summed E-state index contributed by atoms with van der Waals surface area (Å²) in [5, 5.41) is 0. The molecule has 108 valence electrons. The Morgan fingerprint density at radius 3 is 2.37 bits per heavy atom. The second-order valence-corrected chi connectivity index (χ2v) is 6.35. The Morgan fingerprint density at radius 2 is 1.89 bits per heavy atom. The van der Waals surface area contributed by atoms with Gasteiger partial charge in [-0.15, -0.1) is 0 Å². The van der Waals surface area contributed by atoms with E-state index in [4.69, 9.17) is 5.73 Å². The van der Waals surface area contributed by atoms with E-state index in [1.807, 2.05) is 20.8 Å². The third-order valence-corrected chi connectivity index (χ3v) is 4.99. The van der Waals surface area contributed by atoms with Gasteiger partial charge in [-0.2, -0.15) is 0 Å². The molecule has 4 nitrogen and oxygen atoms in total. The van der Waals surface area contributed by atoms with Crippen LogP contribution in [0.3, 0.4) is 0 Å². The lowest BCUT2D eigenvalue weighted by Crippen LogP contribution is -2.38. The number of hydrogen-bond acceptors (Lipinski definition) is 3. The first-order valence-electron chi connectivity index (χ1n) is 6.39. The van der Waals surface area contributed by atoms with E-state index in [1.165, 1.54) is 6.07 Å². The average Bonchev–Trinajstić information content (AvgIpc) is 2.29. The zero-order chi connectivity index (χ0) is 14.6.